The molecule has 1 rings (SSSR count). The highest BCUT2D eigenvalue weighted by Crippen LogP contribution is 2.24. The van der Waals surface area contributed by atoms with Gasteiger partial charge in [-0.25, -0.2) is 0 Å². The van der Waals surface area contributed by atoms with Crippen molar-refractivity contribution in [2.45, 2.75) is 17.7 Å². The fraction of sp³-hybridized carbons (Fsp3) is 0.750. The van der Waals surface area contributed by atoms with Gasteiger partial charge in [0.1, 0.15) is 10.3 Å². The maximum Gasteiger partial charge on any atom is 0.124 e. The third-order valence-corrected chi connectivity index (χ3v) is 2.26. The number of thioether (sulfide) groups is 1. The standard InChI is InChI=1S/C4H5ClNS/c1-3-4(5)7-2-6-3/h3-4H,1H3. The largest absolute Gasteiger partial charge is 0.270 e. The van der Waals surface area contributed by atoms with E-state index in [0.29, 0.717) is 0 Å². The molecule has 1 aliphatic rings. The highest BCUT2D eigenvalue weighted by Gasteiger charge is 2.17. The van der Waals surface area contributed by atoms with Gasteiger partial charge in [0.15, 0.2) is 0 Å². The van der Waals surface area contributed by atoms with E-state index >= 15 is 0 Å². The number of hydrogen-bond acceptors (Lipinski definition) is 2. The van der Waals surface area contributed by atoms with Crippen LogP contribution in [-0.4, -0.2) is 16.3 Å². The van der Waals surface area contributed by atoms with Gasteiger partial charge < -0.3 is 0 Å². The van der Waals surface area contributed by atoms with Crippen molar-refractivity contribution in [3.05, 3.63) is 0 Å². The summed E-state index contributed by atoms with van der Waals surface area (Å²) in [7, 11) is 0. The molecule has 2 unspecified atom stereocenters. The van der Waals surface area contributed by atoms with Crippen molar-refractivity contribution in [1.29, 1.82) is 0 Å². The van der Waals surface area contributed by atoms with E-state index in [1.807, 2.05) is 6.92 Å². The quantitative estimate of drug-likeness (QED) is 0.459. The van der Waals surface area contributed by atoms with Gasteiger partial charge in [-0.1, -0.05) is 11.8 Å². The SMILES string of the molecule is CC1N=[C]SC1Cl. The molecule has 0 aromatic heterocycles. The Hall–Kier alpha value is 0.310. The van der Waals surface area contributed by atoms with E-state index in [1.54, 1.807) is 0 Å². The summed E-state index contributed by atoms with van der Waals surface area (Å²) in [5.74, 6) is 0. The Morgan fingerprint density at radius 2 is 2.57 bits per heavy atom. The Kier molecular flexibility index (Phi) is 1.60. The predicted molar refractivity (Wildman–Crippen MR) is 34.1 cm³/mol. The molecular weight excluding hydrogens is 130 g/mol. The normalized spacial score (nSPS) is 39.7. The van der Waals surface area contributed by atoms with Crippen molar-refractivity contribution in [1.82, 2.24) is 0 Å². The molecule has 3 heteroatoms. The summed E-state index contributed by atoms with van der Waals surface area (Å²) < 4.78 is 0.125. The molecule has 0 amide bonds. The second-order valence-electron chi connectivity index (χ2n) is 1.43. The second-order valence-corrected chi connectivity index (χ2v) is 3.09. The van der Waals surface area contributed by atoms with E-state index in [-0.39, 0.29) is 10.8 Å². The summed E-state index contributed by atoms with van der Waals surface area (Å²) in [4.78, 5) is 3.90. The van der Waals surface area contributed by atoms with Crippen molar-refractivity contribution in [2.75, 3.05) is 0 Å². The van der Waals surface area contributed by atoms with E-state index in [1.165, 1.54) is 11.8 Å². The minimum atomic E-state index is 0.125. The van der Waals surface area contributed by atoms with E-state index in [4.69, 9.17) is 11.6 Å². The molecule has 1 radical (unpaired) electrons. The number of halogens is 1. The van der Waals surface area contributed by atoms with Gasteiger partial charge in [-0.2, -0.15) is 0 Å². The molecule has 0 aliphatic carbocycles. The van der Waals surface area contributed by atoms with Gasteiger partial charge in [0.25, 0.3) is 0 Å². The third kappa shape index (κ3) is 1.10. The maximum atomic E-state index is 5.67. The topological polar surface area (TPSA) is 12.4 Å². The highest BCUT2D eigenvalue weighted by molar-refractivity contribution is 8.13. The van der Waals surface area contributed by atoms with Crippen LogP contribution in [0.5, 0.6) is 0 Å². The summed E-state index contributed by atoms with van der Waals surface area (Å²) in [6.07, 6.45) is 0. The monoisotopic (exact) mass is 134 g/mol. The minimum Gasteiger partial charge on any atom is -0.270 e. The van der Waals surface area contributed by atoms with Crippen molar-refractivity contribution in [3.8, 4) is 0 Å². The van der Waals surface area contributed by atoms with Gasteiger partial charge in [-0.05, 0) is 6.92 Å². The molecule has 0 spiro atoms. The van der Waals surface area contributed by atoms with Crippen LogP contribution in [0.2, 0.25) is 0 Å². The molecule has 2 atom stereocenters. The molecule has 39 valence electrons. The molecule has 7 heavy (non-hydrogen) atoms. The molecule has 0 saturated carbocycles. The first-order valence-electron chi connectivity index (χ1n) is 2.05. The lowest BCUT2D eigenvalue weighted by Crippen LogP contribution is -2.03. The van der Waals surface area contributed by atoms with Gasteiger partial charge in [0.2, 0.25) is 0 Å². The summed E-state index contributed by atoms with van der Waals surface area (Å²) in [5.41, 5.74) is 2.73. The van der Waals surface area contributed by atoms with Gasteiger partial charge in [0.05, 0.1) is 6.04 Å². The van der Waals surface area contributed by atoms with Crippen LogP contribution in [0.15, 0.2) is 4.99 Å². The number of alkyl halides is 1. The first kappa shape index (κ1) is 5.45. The lowest BCUT2D eigenvalue weighted by Gasteiger charge is -1.99. The Morgan fingerprint density at radius 3 is 2.71 bits per heavy atom. The smallest absolute Gasteiger partial charge is 0.124 e. The summed E-state index contributed by atoms with van der Waals surface area (Å²) >= 11 is 7.12. The first-order valence-corrected chi connectivity index (χ1v) is 3.37. The van der Waals surface area contributed by atoms with Gasteiger partial charge in [0, 0.05) is 0 Å². The molecular formula is C4H5ClNS. The van der Waals surface area contributed by atoms with Crippen molar-refractivity contribution >= 4 is 28.9 Å². The zero-order chi connectivity index (χ0) is 5.28. The average Bonchev–Trinajstić information content (AvgIpc) is 1.91. The van der Waals surface area contributed by atoms with Gasteiger partial charge in [-0.15, -0.1) is 11.6 Å². The lowest BCUT2D eigenvalue weighted by molar-refractivity contribution is 0.832. The minimum absolute atomic E-state index is 0.125. The van der Waals surface area contributed by atoms with Crippen LogP contribution < -0.4 is 0 Å². The molecule has 1 heterocycles. The molecule has 0 aromatic rings. The Bertz CT molecular complexity index is 93.7. The van der Waals surface area contributed by atoms with E-state index in [0.717, 1.165) is 0 Å². The fourth-order valence-corrected chi connectivity index (χ4v) is 1.08. The van der Waals surface area contributed by atoms with Crippen LogP contribution in [0.4, 0.5) is 0 Å². The molecule has 1 aliphatic heterocycles. The first-order chi connectivity index (χ1) is 3.30. The number of nitrogens with zero attached hydrogens (tertiary/aromatic N) is 1. The molecule has 1 nitrogen and oxygen atoms in total. The summed E-state index contributed by atoms with van der Waals surface area (Å²) in [6.45, 7) is 1.98. The van der Waals surface area contributed by atoms with Crippen LogP contribution >= 0.6 is 23.4 Å². The molecule has 0 fully saturated rings. The van der Waals surface area contributed by atoms with E-state index in [9.17, 15) is 0 Å². The number of hydrogen-bond donors (Lipinski definition) is 0. The van der Waals surface area contributed by atoms with Crippen molar-refractivity contribution in [2.24, 2.45) is 4.99 Å². The number of aliphatic imine (C=N–C) groups is 1. The number of rotatable bonds is 0. The maximum absolute atomic E-state index is 5.67. The zero-order valence-corrected chi connectivity index (χ0v) is 5.46. The van der Waals surface area contributed by atoms with E-state index < -0.39 is 0 Å². The highest BCUT2D eigenvalue weighted by atomic mass is 35.5. The predicted octanol–water partition coefficient (Wildman–Crippen LogP) is 1.59. The lowest BCUT2D eigenvalue weighted by atomic mass is 10.4. The van der Waals surface area contributed by atoms with Gasteiger partial charge >= 0.3 is 0 Å². The van der Waals surface area contributed by atoms with Crippen LogP contribution in [0, 0.1) is 0 Å². The zero-order valence-electron chi connectivity index (χ0n) is 3.89. The summed E-state index contributed by atoms with van der Waals surface area (Å²) in [6, 6.07) is 0.256. The van der Waals surface area contributed by atoms with Crippen LogP contribution in [0.1, 0.15) is 6.92 Å². The van der Waals surface area contributed by atoms with Crippen molar-refractivity contribution in [3.63, 3.8) is 0 Å². The van der Waals surface area contributed by atoms with Crippen LogP contribution in [-0.2, 0) is 0 Å². The van der Waals surface area contributed by atoms with Crippen molar-refractivity contribution < 1.29 is 0 Å². The average molecular weight is 135 g/mol. The second kappa shape index (κ2) is 2.05. The third-order valence-electron chi connectivity index (χ3n) is 0.801. The molecule has 0 N–H and O–H groups in total. The Balaban J connectivity index is 2.45. The molecule has 0 aromatic carbocycles. The van der Waals surface area contributed by atoms with Crippen LogP contribution in [0.25, 0.3) is 0 Å². The fourth-order valence-electron chi connectivity index (χ4n) is 0.321. The van der Waals surface area contributed by atoms with Crippen LogP contribution in [0.3, 0.4) is 0 Å². The molecule has 0 bridgehead atoms. The Labute approximate surface area is 52.1 Å². The summed E-state index contributed by atoms with van der Waals surface area (Å²) in [5, 5.41) is 0. The van der Waals surface area contributed by atoms with Gasteiger partial charge in [-0.3, -0.25) is 4.99 Å². The Morgan fingerprint density at radius 1 is 1.86 bits per heavy atom. The van der Waals surface area contributed by atoms with E-state index in [2.05, 4.69) is 10.5 Å². The molecule has 0 saturated heterocycles.